The van der Waals surface area contributed by atoms with E-state index in [1.165, 1.54) is 11.8 Å². The molecule has 3 rings (SSSR count). The van der Waals surface area contributed by atoms with Crippen molar-refractivity contribution in [2.24, 2.45) is 0 Å². The van der Waals surface area contributed by atoms with Gasteiger partial charge in [-0.15, -0.1) is 11.8 Å². The minimum Gasteiger partial charge on any atom is -0.375 e. The van der Waals surface area contributed by atoms with Gasteiger partial charge in [-0.25, -0.2) is 0 Å². The summed E-state index contributed by atoms with van der Waals surface area (Å²) in [6.45, 7) is 2.23. The first-order chi connectivity index (χ1) is 12.1. The van der Waals surface area contributed by atoms with E-state index in [2.05, 4.69) is 10.6 Å². The molecular weight excluding hydrogens is 336 g/mol. The van der Waals surface area contributed by atoms with Crippen LogP contribution in [0, 0.1) is 0 Å². The van der Waals surface area contributed by atoms with Crippen molar-refractivity contribution in [2.45, 2.75) is 23.2 Å². The van der Waals surface area contributed by atoms with Gasteiger partial charge in [0, 0.05) is 24.1 Å². The van der Waals surface area contributed by atoms with E-state index in [0.717, 1.165) is 10.5 Å². The van der Waals surface area contributed by atoms with Crippen LogP contribution in [0.5, 0.6) is 0 Å². The molecule has 5 nitrogen and oxygen atoms in total. The molecule has 0 aromatic heterocycles. The van der Waals surface area contributed by atoms with Gasteiger partial charge in [0.15, 0.2) is 0 Å². The molecule has 130 valence electrons. The number of hydrogen-bond donors (Lipinski definition) is 2. The molecule has 0 saturated heterocycles. The smallest absolute Gasteiger partial charge is 0.251 e. The lowest BCUT2D eigenvalue weighted by Gasteiger charge is -2.22. The number of benzene rings is 2. The highest BCUT2D eigenvalue weighted by molar-refractivity contribution is 8.00. The van der Waals surface area contributed by atoms with Crippen molar-refractivity contribution < 1.29 is 14.3 Å². The summed E-state index contributed by atoms with van der Waals surface area (Å²) in [4.78, 5) is 25.2. The molecule has 0 fully saturated rings. The van der Waals surface area contributed by atoms with Crippen LogP contribution in [-0.4, -0.2) is 30.7 Å². The van der Waals surface area contributed by atoms with Crippen LogP contribution in [0.3, 0.4) is 0 Å². The van der Waals surface area contributed by atoms with Gasteiger partial charge in [0.1, 0.15) is 0 Å². The van der Waals surface area contributed by atoms with Gasteiger partial charge in [0.25, 0.3) is 5.91 Å². The average molecular weight is 356 g/mol. The van der Waals surface area contributed by atoms with E-state index in [4.69, 9.17) is 4.74 Å². The molecule has 6 heteroatoms. The minimum atomic E-state index is -0.209. The molecule has 0 radical (unpaired) electrons. The van der Waals surface area contributed by atoms with Gasteiger partial charge in [0.2, 0.25) is 5.91 Å². The highest BCUT2D eigenvalue weighted by Crippen LogP contribution is 2.35. The Balaban J connectivity index is 1.67. The molecule has 1 aliphatic rings. The molecule has 1 aliphatic heterocycles. The lowest BCUT2D eigenvalue weighted by Crippen LogP contribution is -2.30. The molecule has 25 heavy (non-hydrogen) atoms. The van der Waals surface area contributed by atoms with E-state index in [1.54, 1.807) is 19.2 Å². The lowest BCUT2D eigenvalue weighted by atomic mass is 10.1. The first-order valence-corrected chi connectivity index (χ1v) is 8.94. The van der Waals surface area contributed by atoms with Gasteiger partial charge in [-0.2, -0.15) is 0 Å². The van der Waals surface area contributed by atoms with Crippen molar-refractivity contribution >= 4 is 29.3 Å². The fourth-order valence-corrected chi connectivity index (χ4v) is 3.57. The van der Waals surface area contributed by atoms with Gasteiger partial charge in [0.05, 0.1) is 17.0 Å². The number of amides is 2. The quantitative estimate of drug-likeness (QED) is 0.863. The summed E-state index contributed by atoms with van der Waals surface area (Å²) in [7, 11) is 1.62. The Kier molecular flexibility index (Phi) is 5.40. The van der Waals surface area contributed by atoms with Crippen LogP contribution in [0.1, 0.15) is 28.9 Å². The molecule has 2 atom stereocenters. The second kappa shape index (κ2) is 7.72. The summed E-state index contributed by atoms with van der Waals surface area (Å²) in [5.74, 6) is -0.239. The topological polar surface area (TPSA) is 67.4 Å². The first-order valence-electron chi connectivity index (χ1n) is 8.06. The predicted octanol–water partition coefficient (Wildman–Crippen LogP) is 3.24. The normalized spacial score (nSPS) is 17.4. The number of hydrogen-bond acceptors (Lipinski definition) is 4. The average Bonchev–Trinajstić information content (AvgIpc) is 2.63. The van der Waals surface area contributed by atoms with Crippen LogP contribution < -0.4 is 10.6 Å². The number of thioether (sulfide) groups is 1. The number of fused-ring (bicyclic) bond motifs is 1. The van der Waals surface area contributed by atoms with Crippen molar-refractivity contribution in [3.8, 4) is 0 Å². The van der Waals surface area contributed by atoms with Crippen molar-refractivity contribution in [2.75, 3.05) is 19.0 Å². The Bertz CT molecular complexity index is 779. The Morgan fingerprint density at radius 2 is 2.04 bits per heavy atom. The zero-order valence-corrected chi connectivity index (χ0v) is 14.9. The third-order valence-electron chi connectivity index (χ3n) is 4.08. The molecular formula is C19H20N2O3S. The van der Waals surface area contributed by atoms with Gasteiger partial charge in [-0.1, -0.05) is 30.3 Å². The SMILES string of the molecule is COC(CNC(=O)c1ccc2c(c1)NC(=O)C(C)S2)c1ccccc1. The Morgan fingerprint density at radius 3 is 2.76 bits per heavy atom. The molecule has 0 aliphatic carbocycles. The summed E-state index contributed by atoms with van der Waals surface area (Å²) < 4.78 is 5.46. The molecule has 0 spiro atoms. The number of carbonyl (C=O) groups excluding carboxylic acids is 2. The van der Waals surface area contributed by atoms with Crippen molar-refractivity contribution in [3.05, 3.63) is 59.7 Å². The summed E-state index contributed by atoms with van der Waals surface area (Å²) in [6.07, 6.45) is -0.209. The van der Waals surface area contributed by atoms with E-state index >= 15 is 0 Å². The summed E-state index contributed by atoms with van der Waals surface area (Å²) in [5.41, 5.74) is 2.21. The summed E-state index contributed by atoms with van der Waals surface area (Å²) in [5, 5.41) is 5.61. The van der Waals surface area contributed by atoms with Crippen molar-refractivity contribution in [1.29, 1.82) is 0 Å². The Labute approximate surface area is 151 Å². The highest BCUT2D eigenvalue weighted by Gasteiger charge is 2.24. The van der Waals surface area contributed by atoms with E-state index in [-0.39, 0.29) is 23.2 Å². The molecule has 0 saturated carbocycles. The standard InChI is InChI=1S/C19H20N2O3S/c1-12-18(22)21-15-10-14(8-9-17(15)25-12)19(23)20-11-16(24-2)13-6-4-3-5-7-13/h3-10,12,16H,11H2,1-2H3,(H,20,23)(H,21,22). The van der Waals surface area contributed by atoms with Crippen LogP contribution >= 0.6 is 11.8 Å². The fourth-order valence-electron chi connectivity index (χ4n) is 2.64. The maximum atomic E-state index is 12.4. The number of carbonyl (C=O) groups is 2. The zero-order chi connectivity index (χ0) is 17.8. The molecule has 1 heterocycles. The fraction of sp³-hybridized carbons (Fsp3) is 0.263. The van der Waals surface area contributed by atoms with Gasteiger partial charge in [-0.05, 0) is 30.7 Å². The number of anilines is 1. The van der Waals surface area contributed by atoms with Crippen LogP contribution in [0.25, 0.3) is 0 Å². The van der Waals surface area contributed by atoms with E-state index in [1.807, 2.05) is 43.3 Å². The van der Waals surface area contributed by atoms with Crippen LogP contribution in [0.4, 0.5) is 5.69 Å². The number of methoxy groups -OCH3 is 1. The predicted molar refractivity (Wildman–Crippen MR) is 98.9 cm³/mol. The second-order valence-corrected chi connectivity index (χ2v) is 7.19. The van der Waals surface area contributed by atoms with Crippen molar-refractivity contribution in [1.82, 2.24) is 5.32 Å². The maximum absolute atomic E-state index is 12.4. The number of rotatable bonds is 5. The molecule has 2 aromatic carbocycles. The Morgan fingerprint density at radius 1 is 1.28 bits per heavy atom. The van der Waals surface area contributed by atoms with Crippen molar-refractivity contribution in [3.63, 3.8) is 0 Å². The molecule has 0 bridgehead atoms. The number of nitrogens with one attached hydrogen (secondary N) is 2. The summed E-state index contributed by atoms with van der Waals surface area (Å²) >= 11 is 1.50. The van der Waals surface area contributed by atoms with Gasteiger partial charge in [-0.3, -0.25) is 9.59 Å². The molecule has 2 unspecified atom stereocenters. The van der Waals surface area contributed by atoms with E-state index in [0.29, 0.717) is 17.8 Å². The zero-order valence-electron chi connectivity index (χ0n) is 14.1. The minimum absolute atomic E-state index is 0.0430. The molecule has 2 amide bonds. The van der Waals surface area contributed by atoms with Crippen LogP contribution in [0.15, 0.2) is 53.4 Å². The monoisotopic (exact) mass is 356 g/mol. The molecule has 2 N–H and O–H groups in total. The first kappa shape index (κ1) is 17.5. The van der Waals surface area contributed by atoms with Crippen LogP contribution in [0.2, 0.25) is 0 Å². The molecule has 2 aromatic rings. The highest BCUT2D eigenvalue weighted by atomic mass is 32.2. The number of ether oxygens (including phenoxy) is 1. The lowest BCUT2D eigenvalue weighted by molar-refractivity contribution is -0.115. The van der Waals surface area contributed by atoms with E-state index in [9.17, 15) is 9.59 Å². The van der Waals surface area contributed by atoms with Gasteiger partial charge >= 0.3 is 0 Å². The largest absolute Gasteiger partial charge is 0.375 e. The van der Waals surface area contributed by atoms with Gasteiger partial charge < -0.3 is 15.4 Å². The van der Waals surface area contributed by atoms with Crippen LogP contribution in [-0.2, 0) is 9.53 Å². The van der Waals surface area contributed by atoms with E-state index < -0.39 is 0 Å². The summed E-state index contributed by atoms with van der Waals surface area (Å²) in [6, 6.07) is 15.1. The third-order valence-corrected chi connectivity index (χ3v) is 5.25. The third kappa shape index (κ3) is 4.03. The second-order valence-electron chi connectivity index (χ2n) is 5.81. The Hall–Kier alpha value is -2.31. The maximum Gasteiger partial charge on any atom is 0.251 e.